The summed E-state index contributed by atoms with van der Waals surface area (Å²) in [5, 5.41) is 13.1. The van der Waals surface area contributed by atoms with Crippen molar-refractivity contribution in [1.82, 2.24) is 9.80 Å². The molecule has 2 aromatic rings. The van der Waals surface area contributed by atoms with Gasteiger partial charge in [-0.05, 0) is 35.9 Å². The topological polar surface area (TPSA) is 68.6 Å². The van der Waals surface area contributed by atoms with Gasteiger partial charge in [0.15, 0.2) is 0 Å². The van der Waals surface area contributed by atoms with E-state index in [1.165, 1.54) is 0 Å². The maximum atomic E-state index is 12.5. The first-order chi connectivity index (χ1) is 13.1. The number of nitrogens with zero attached hydrogens (tertiary/aromatic N) is 3. The Morgan fingerprint density at radius 2 is 1.93 bits per heavy atom. The van der Waals surface area contributed by atoms with Gasteiger partial charge in [-0.2, -0.15) is 5.26 Å². The van der Waals surface area contributed by atoms with E-state index in [4.69, 9.17) is 16.3 Å². The number of nitrogens with one attached hydrogen (secondary N) is 1. The molecule has 2 aromatic carbocycles. The largest absolute Gasteiger partial charge is 0.497 e. The Kier molecular flexibility index (Phi) is 6.17. The zero-order valence-corrected chi connectivity index (χ0v) is 15.8. The van der Waals surface area contributed by atoms with E-state index in [0.29, 0.717) is 36.9 Å². The quantitative estimate of drug-likeness (QED) is 0.871. The minimum atomic E-state index is -0.363. The van der Waals surface area contributed by atoms with E-state index in [1.54, 1.807) is 36.3 Å². The van der Waals surface area contributed by atoms with Crippen LogP contribution in [0.15, 0.2) is 48.5 Å². The summed E-state index contributed by atoms with van der Waals surface area (Å²) in [6.45, 7) is 2.35. The lowest BCUT2D eigenvalue weighted by Crippen LogP contribution is -2.50. The lowest BCUT2D eigenvalue weighted by Gasteiger charge is -2.37. The number of methoxy groups -OCH3 is 1. The van der Waals surface area contributed by atoms with Gasteiger partial charge in [0.1, 0.15) is 11.8 Å². The standard InChI is InChI=1S/C20H21ClN4O2/c1-27-18-7-2-4-15(12-18)19(14-22)24-8-10-25(11-9-24)20(26)23-17-6-3-5-16(21)13-17/h2-7,12-13,19H,8-11H2,1H3,(H,23,26). The highest BCUT2D eigenvalue weighted by Gasteiger charge is 2.27. The number of rotatable bonds is 4. The van der Waals surface area contributed by atoms with Crippen LogP contribution in [-0.2, 0) is 0 Å². The lowest BCUT2D eigenvalue weighted by molar-refractivity contribution is 0.131. The summed E-state index contributed by atoms with van der Waals surface area (Å²) in [5.74, 6) is 0.729. The lowest BCUT2D eigenvalue weighted by atomic mass is 10.1. The van der Waals surface area contributed by atoms with Crippen LogP contribution >= 0.6 is 11.6 Å². The fraction of sp³-hybridized carbons (Fsp3) is 0.300. The summed E-state index contributed by atoms with van der Waals surface area (Å²) >= 11 is 5.95. The summed E-state index contributed by atoms with van der Waals surface area (Å²) in [6.07, 6.45) is 0. The molecule has 0 spiro atoms. The van der Waals surface area contributed by atoms with Crippen LogP contribution in [0.4, 0.5) is 10.5 Å². The minimum absolute atomic E-state index is 0.160. The Bertz CT molecular complexity index is 844. The van der Waals surface area contributed by atoms with Crippen LogP contribution in [-0.4, -0.2) is 49.1 Å². The average Bonchev–Trinajstić information content (AvgIpc) is 2.69. The van der Waals surface area contributed by atoms with E-state index in [-0.39, 0.29) is 12.1 Å². The van der Waals surface area contributed by atoms with Gasteiger partial charge in [-0.25, -0.2) is 4.79 Å². The number of piperazine rings is 1. The number of carbonyl (C=O) groups is 1. The van der Waals surface area contributed by atoms with Crippen LogP contribution in [0.2, 0.25) is 5.02 Å². The molecule has 1 aliphatic rings. The Labute approximate surface area is 163 Å². The third-order valence-corrected chi connectivity index (χ3v) is 4.81. The van der Waals surface area contributed by atoms with Gasteiger partial charge >= 0.3 is 6.03 Å². The minimum Gasteiger partial charge on any atom is -0.497 e. The second-order valence-corrected chi connectivity index (χ2v) is 6.71. The second kappa shape index (κ2) is 8.76. The highest BCUT2D eigenvalue weighted by atomic mass is 35.5. The van der Waals surface area contributed by atoms with Crippen molar-refractivity contribution in [2.45, 2.75) is 6.04 Å². The molecule has 2 amide bonds. The Balaban J connectivity index is 1.60. The predicted molar refractivity (Wildman–Crippen MR) is 105 cm³/mol. The molecule has 1 saturated heterocycles. The number of halogens is 1. The van der Waals surface area contributed by atoms with Gasteiger partial charge in [-0.3, -0.25) is 4.90 Å². The Morgan fingerprint density at radius 3 is 2.59 bits per heavy atom. The van der Waals surface area contributed by atoms with Crippen molar-refractivity contribution in [2.24, 2.45) is 0 Å². The van der Waals surface area contributed by atoms with Crippen LogP contribution in [0.1, 0.15) is 11.6 Å². The van der Waals surface area contributed by atoms with E-state index in [2.05, 4.69) is 16.3 Å². The zero-order valence-electron chi connectivity index (χ0n) is 15.1. The normalized spacial score (nSPS) is 15.7. The number of anilines is 1. The van der Waals surface area contributed by atoms with Gasteiger partial charge in [-0.15, -0.1) is 0 Å². The van der Waals surface area contributed by atoms with E-state index < -0.39 is 0 Å². The monoisotopic (exact) mass is 384 g/mol. The number of hydrogen-bond acceptors (Lipinski definition) is 4. The summed E-state index contributed by atoms with van der Waals surface area (Å²) < 4.78 is 5.25. The second-order valence-electron chi connectivity index (χ2n) is 6.27. The van der Waals surface area contributed by atoms with E-state index in [1.807, 2.05) is 24.3 Å². The van der Waals surface area contributed by atoms with Gasteiger partial charge in [0, 0.05) is 36.9 Å². The molecule has 140 valence electrons. The molecule has 0 bridgehead atoms. The summed E-state index contributed by atoms with van der Waals surface area (Å²) in [7, 11) is 1.61. The number of urea groups is 1. The molecule has 1 N–H and O–H groups in total. The van der Waals surface area contributed by atoms with Crippen molar-refractivity contribution in [3.8, 4) is 11.8 Å². The molecule has 1 heterocycles. The molecule has 1 unspecified atom stereocenters. The van der Waals surface area contributed by atoms with Crippen LogP contribution in [0.5, 0.6) is 5.75 Å². The fourth-order valence-electron chi connectivity index (χ4n) is 3.13. The number of hydrogen-bond donors (Lipinski definition) is 1. The Morgan fingerprint density at radius 1 is 1.19 bits per heavy atom. The van der Waals surface area contributed by atoms with Crippen LogP contribution in [0.25, 0.3) is 0 Å². The van der Waals surface area contributed by atoms with Crippen LogP contribution in [0, 0.1) is 11.3 Å². The first-order valence-corrected chi connectivity index (χ1v) is 9.07. The number of amides is 2. The summed E-state index contributed by atoms with van der Waals surface area (Å²) in [6, 6.07) is 16.5. The first-order valence-electron chi connectivity index (χ1n) is 8.70. The highest BCUT2D eigenvalue weighted by Crippen LogP contribution is 2.25. The highest BCUT2D eigenvalue weighted by molar-refractivity contribution is 6.30. The zero-order chi connectivity index (χ0) is 19.2. The molecule has 1 fully saturated rings. The molecule has 1 aliphatic heterocycles. The average molecular weight is 385 g/mol. The maximum absolute atomic E-state index is 12.5. The molecular formula is C20H21ClN4O2. The summed E-state index contributed by atoms with van der Waals surface area (Å²) in [5.41, 5.74) is 1.56. The van der Waals surface area contributed by atoms with Crippen molar-refractivity contribution >= 4 is 23.3 Å². The van der Waals surface area contributed by atoms with Gasteiger partial charge in [0.25, 0.3) is 0 Å². The van der Waals surface area contributed by atoms with Gasteiger partial charge in [0.2, 0.25) is 0 Å². The predicted octanol–water partition coefficient (Wildman–Crippen LogP) is 3.76. The first kappa shape index (κ1) is 19.0. The molecule has 0 aliphatic carbocycles. The van der Waals surface area contributed by atoms with Crippen molar-refractivity contribution < 1.29 is 9.53 Å². The molecule has 3 rings (SSSR count). The Hall–Kier alpha value is -2.75. The fourth-order valence-corrected chi connectivity index (χ4v) is 3.32. The third kappa shape index (κ3) is 4.70. The number of carbonyl (C=O) groups excluding carboxylic acids is 1. The smallest absolute Gasteiger partial charge is 0.321 e. The van der Waals surface area contributed by atoms with Crippen LogP contribution < -0.4 is 10.1 Å². The van der Waals surface area contributed by atoms with Crippen LogP contribution in [0.3, 0.4) is 0 Å². The summed E-state index contributed by atoms with van der Waals surface area (Å²) in [4.78, 5) is 16.3. The molecule has 1 atom stereocenters. The third-order valence-electron chi connectivity index (χ3n) is 4.57. The van der Waals surface area contributed by atoms with Crippen molar-refractivity contribution in [3.63, 3.8) is 0 Å². The maximum Gasteiger partial charge on any atom is 0.321 e. The molecular weight excluding hydrogens is 364 g/mol. The molecule has 6 nitrogen and oxygen atoms in total. The molecule has 7 heteroatoms. The van der Waals surface area contributed by atoms with Crippen molar-refractivity contribution in [1.29, 1.82) is 5.26 Å². The van der Waals surface area contributed by atoms with Crippen molar-refractivity contribution in [3.05, 3.63) is 59.1 Å². The van der Waals surface area contributed by atoms with E-state index >= 15 is 0 Å². The SMILES string of the molecule is COc1cccc(C(C#N)N2CCN(C(=O)Nc3cccc(Cl)c3)CC2)c1. The van der Waals surface area contributed by atoms with E-state index in [0.717, 1.165) is 11.3 Å². The molecule has 27 heavy (non-hydrogen) atoms. The van der Waals surface area contributed by atoms with E-state index in [9.17, 15) is 10.1 Å². The van der Waals surface area contributed by atoms with Gasteiger partial charge in [-0.1, -0.05) is 29.8 Å². The number of nitriles is 1. The van der Waals surface area contributed by atoms with Gasteiger partial charge in [0.05, 0.1) is 13.2 Å². The van der Waals surface area contributed by atoms with Crippen molar-refractivity contribution in [2.75, 3.05) is 38.6 Å². The van der Waals surface area contributed by atoms with Gasteiger partial charge < -0.3 is 15.0 Å². The molecule has 0 saturated carbocycles. The number of ether oxygens (including phenoxy) is 1. The molecule has 0 aromatic heterocycles. The number of benzene rings is 2. The molecule has 0 radical (unpaired) electrons.